The van der Waals surface area contributed by atoms with E-state index in [1.165, 1.54) is 11.3 Å². The molecule has 1 aliphatic rings. The van der Waals surface area contributed by atoms with Gasteiger partial charge in [-0.05, 0) is 42.8 Å². The first-order chi connectivity index (χ1) is 15.7. The fraction of sp³-hybridized carbons (Fsp3) is 0.304. The number of hydrogen-bond acceptors (Lipinski definition) is 7. The fourth-order valence-corrected chi connectivity index (χ4v) is 5.36. The predicted octanol–water partition coefficient (Wildman–Crippen LogP) is 4.37. The molecule has 0 saturated carbocycles. The highest BCUT2D eigenvalue weighted by Gasteiger charge is 2.22. The highest BCUT2D eigenvalue weighted by Crippen LogP contribution is 2.32. The van der Waals surface area contributed by atoms with Gasteiger partial charge in [0.15, 0.2) is 5.13 Å². The zero-order valence-electron chi connectivity index (χ0n) is 17.4. The number of carbonyl (C=O) groups excluding carboxylic acids is 1. The maximum atomic E-state index is 13.6. The van der Waals surface area contributed by atoms with E-state index in [0.29, 0.717) is 22.8 Å². The molecule has 0 bridgehead atoms. The van der Waals surface area contributed by atoms with Crippen molar-refractivity contribution in [3.8, 4) is 0 Å². The van der Waals surface area contributed by atoms with Crippen LogP contribution in [0.5, 0.6) is 0 Å². The number of rotatable bonds is 6. The normalized spacial score (nSPS) is 14.8. The molecule has 1 saturated heterocycles. The molecule has 1 amide bonds. The van der Waals surface area contributed by atoms with Crippen LogP contribution < -0.4 is 4.90 Å². The largest absolute Gasteiger partial charge is 0.379 e. The smallest absolute Gasteiger partial charge is 0.260 e. The van der Waals surface area contributed by atoms with Gasteiger partial charge in [-0.3, -0.25) is 24.6 Å². The average Bonchev–Trinajstić information content (AvgIpc) is 3.24. The van der Waals surface area contributed by atoms with Gasteiger partial charge >= 0.3 is 0 Å². The molecule has 0 radical (unpaired) electrons. The Labute approximate surface area is 198 Å². The van der Waals surface area contributed by atoms with E-state index in [-0.39, 0.29) is 5.91 Å². The summed E-state index contributed by atoms with van der Waals surface area (Å²) in [5, 5.41) is 0.712. The topological polar surface area (TPSA) is 71.5 Å². The molecule has 2 aromatic carbocycles. The van der Waals surface area contributed by atoms with Crippen molar-refractivity contribution >= 4 is 59.6 Å². The third-order valence-corrected chi connectivity index (χ3v) is 7.03. The molecule has 164 valence electrons. The van der Waals surface area contributed by atoms with Crippen molar-refractivity contribution in [3.63, 3.8) is 0 Å². The Hall–Kier alpha value is -2.46. The summed E-state index contributed by atoms with van der Waals surface area (Å²) in [5.41, 5.74) is 2.96. The molecule has 0 spiro atoms. The summed E-state index contributed by atoms with van der Waals surface area (Å²) in [6.45, 7) is 4.93. The number of nitrogens with zero attached hydrogens (tertiary/aromatic N) is 5. The number of morpholine rings is 1. The number of amides is 1. The Morgan fingerprint density at radius 3 is 2.69 bits per heavy atom. The van der Waals surface area contributed by atoms with E-state index in [1.54, 1.807) is 17.3 Å². The minimum absolute atomic E-state index is 0.0716. The Balaban J connectivity index is 1.43. The van der Waals surface area contributed by atoms with Crippen LogP contribution in [0.4, 0.5) is 5.13 Å². The van der Waals surface area contributed by atoms with Crippen molar-refractivity contribution in [2.45, 2.75) is 6.42 Å². The number of fused-ring (bicyclic) bond motifs is 2. The minimum Gasteiger partial charge on any atom is -0.379 e. The van der Waals surface area contributed by atoms with Crippen molar-refractivity contribution in [2.75, 3.05) is 44.3 Å². The summed E-state index contributed by atoms with van der Waals surface area (Å²) in [6.07, 6.45) is 4.15. The lowest BCUT2D eigenvalue weighted by Crippen LogP contribution is -2.39. The molecule has 4 aromatic rings. The van der Waals surface area contributed by atoms with E-state index in [9.17, 15) is 4.79 Å². The van der Waals surface area contributed by atoms with Gasteiger partial charge in [0.25, 0.3) is 5.91 Å². The summed E-state index contributed by atoms with van der Waals surface area (Å²) in [4.78, 5) is 31.2. The molecule has 0 atom stereocenters. The number of thiazole rings is 1. The molecule has 7 nitrogen and oxygen atoms in total. The number of benzene rings is 2. The fourth-order valence-electron chi connectivity index (χ4n) is 3.82. The lowest BCUT2D eigenvalue weighted by Gasteiger charge is -2.27. The van der Waals surface area contributed by atoms with E-state index < -0.39 is 0 Å². The second-order valence-electron chi connectivity index (χ2n) is 7.63. The Kier molecular flexibility index (Phi) is 6.40. The second kappa shape index (κ2) is 9.58. The Morgan fingerprint density at radius 2 is 1.84 bits per heavy atom. The van der Waals surface area contributed by atoms with Gasteiger partial charge in [0.05, 0.1) is 34.5 Å². The van der Waals surface area contributed by atoms with Gasteiger partial charge in [0.2, 0.25) is 0 Å². The van der Waals surface area contributed by atoms with Crippen LogP contribution in [-0.2, 0) is 4.74 Å². The molecule has 9 heteroatoms. The van der Waals surface area contributed by atoms with Crippen LogP contribution in [0.3, 0.4) is 0 Å². The van der Waals surface area contributed by atoms with Crippen LogP contribution >= 0.6 is 27.3 Å². The summed E-state index contributed by atoms with van der Waals surface area (Å²) in [6, 6.07) is 11.5. The maximum Gasteiger partial charge on any atom is 0.260 e. The van der Waals surface area contributed by atoms with Crippen LogP contribution in [0.25, 0.3) is 21.3 Å². The van der Waals surface area contributed by atoms with Crippen LogP contribution in [0.2, 0.25) is 0 Å². The van der Waals surface area contributed by atoms with Gasteiger partial charge in [0.1, 0.15) is 0 Å². The van der Waals surface area contributed by atoms with Crippen LogP contribution in [0.1, 0.15) is 16.8 Å². The molecule has 32 heavy (non-hydrogen) atoms. The van der Waals surface area contributed by atoms with E-state index in [1.807, 2.05) is 36.4 Å². The molecule has 2 aromatic heterocycles. The highest BCUT2D eigenvalue weighted by atomic mass is 79.9. The standard InChI is InChI=1S/C23H22BrN5O2S/c24-17-3-5-19-21(15-17)32-23(27-19)29(9-1-8-28-10-12-31-13-11-28)22(30)16-2-4-18-20(14-16)26-7-6-25-18/h2-7,14-15H,1,8-13H2. The quantitative estimate of drug-likeness (QED) is 0.382. The number of anilines is 1. The van der Waals surface area contributed by atoms with Gasteiger partial charge in [-0.2, -0.15) is 0 Å². The van der Waals surface area contributed by atoms with E-state index in [4.69, 9.17) is 9.72 Å². The first-order valence-corrected chi connectivity index (χ1v) is 12.2. The van der Waals surface area contributed by atoms with Gasteiger partial charge in [-0.1, -0.05) is 27.3 Å². The molecule has 3 heterocycles. The Bertz CT molecular complexity index is 1260. The first kappa shape index (κ1) is 21.4. The highest BCUT2D eigenvalue weighted by molar-refractivity contribution is 9.10. The molecule has 1 fully saturated rings. The summed E-state index contributed by atoms with van der Waals surface area (Å²) in [7, 11) is 0. The number of ether oxygens (including phenoxy) is 1. The van der Waals surface area contributed by atoms with Crippen LogP contribution in [0.15, 0.2) is 53.3 Å². The van der Waals surface area contributed by atoms with E-state index in [0.717, 1.165) is 59.5 Å². The zero-order chi connectivity index (χ0) is 21.9. The van der Waals surface area contributed by atoms with Crippen molar-refractivity contribution in [2.24, 2.45) is 0 Å². The molecule has 0 N–H and O–H groups in total. The zero-order valence-corrected chi connectivity index (χ0v) is 19.8. The monoisotopic (exact) mass is 511 g/mol. The van der Waals surface area contributed by atoms with E-state index in [2.05, 4.69) is 30.8 Å². The third-order valence-electron chi connectivity index (χ3n) is 5.49. The van der Waals surface area contributed by atoms with Gasteiger partial charge in [-0.25, -0.2) is 4.98 Å². The van der Waals surface area contributed by atoms with Gasteiger partial charge < -0.3 is 4.74 Å². The van der Waals surface area contributed by atoms with Gasteiger partial charge in [-0.15, -0.1) is 0 Å². The number of hydrogen-bond donors (Lipinski definition) is 0. The van der Waals surface area contributed by atoms with E-state index >= 15 is 0 Å². The van der Waals surface area contributed by atoms with Crippen LogP contribution in [0, 0.1) is 0 Å². The van der Waals surface area contributed by atoms with Crippen molar-refractivity contribution in [3.05, 3.63) is 58.8 Å². The number of carbonyl (C=O) groups is 1. The number of halogens is 1. The molecule has 1 aliphatic heterocycles. The molecule has 5 rings (SSSR count). The lowest BCUT2D eigenvalue weighted by molar-refractivity contribution is 0.0376. The lowest BCUT2D eigenvalue weighted by atomic mass is 10.1. The Morgan fingerprint density at radius 1 is 1.06 bits per heavy atom. The van der Waals surface area contributed by atoms with Crippen molar-refractivity contribution < 1.29 is 9.53 Å². The maximum absolute atomic E-state index is 13.6. The second-order valence-corrected chi connectivity index (χ2v) is 9.56. The van der Waals surface area contributed by atoms with Crippen LogP contribution in [-0.4, -0.2) is 65.2 Å². The van der Waals surface area contributed by atoms with Crippen molar-refractivity contribution in [1.29, 1.82) is 0 Å². The van der Waals surface area contributed by atoms with Crippen molar-refractivity contribution in [1.82, 2.24) is 19.9 Å². The first-order valence-electron chi connectivity index (χ1n) is 10.6. The predicted molar refractivity (Wildman–Crippen MR) is 130 cm³/mol. The molecule has 0 aliphatic carbocycles. The SMILES string of the molecule is O=C(c1ccc2nccnc2c1)N(CCCN1CCOCC1)c1nc2ccc(Br)cc2s1. The number of aromatic nitrogens is 3. The summed E-state index contributed by atoms with van der Waals surface area (Å²) >= 11 is 5.06. The molecular formula is C23H22BrN5O2S. The summed E-state index contributed by atoms with van der Waals surface area (Å²) < 4.78 is 7.49. The van der Waals surface area contributed by atoms with Gasteiger partial charge in [0, 0.05) is 48.6 Å². The molecule has 0 unspecified atom stereocenters. The summed E-state index contributed by atoms with van der Waals surface area (Å²) in [5.74, 6) is -0.0716. The minimum atomic E-state index is -0.0716. The third kappa shape index (κ3) is 4.66. The molecular weight excluding hydrogens is 490 g/mol. The average molecular weight is 512 g/mol.